The van der Waals surface area contributed by atoms with Gasteiger partial charge in [-0.05, 0) is 31.0 Å². The monoisotopic (exact) mass is 451 g/mol. The molecule has 0 aliphatic carbocycles. The van der Waals surface area contributed by atoms with E-state index in [4.69, 9.17) is 21.1 Å². The lowest BCUT2D eigenvalue weighted by molar-refractivity contribution is -0.143. The van der Waals surface area contributed by atoms with Crippen LogP contribution in [0, 0.1) is 5.41 Å². The zero-order valence-corrected chi connectivity index (χ0v) is 18.7. The van der Waals surface area contributed by atoms with E-state index in [1.807, 2.05) is 17.0 Å². The Hall–Kier alpha value is -2.32. The molecule has 1 atom stereocenters. The number of likely N-dealkylation sites (tertiary alicyclic amines) is 1. The van der Waals surface area contributed by atoms with E-state index >= 15 is 0 Å². The van der Waals surface area contributed by atoms with Crippen LogP contribution in [-0.2, 0) is 19.1 Å². The van der Waals surface area contributed by atoms with Gasteiger partial charge >= 0.3 is 0 Å². The Balaban J connectivity index is 1.73. The molecule has 3 rings (SSSR count). The zero-order valence-electron chi connectivity index (χ0n) is 17.9. The van der Waals surface area contributed by atoms with Crippen LogP contribution in [0.5, 0.6) is 5.75 Å². The molecule has 8 nitrogen and oxygen atoms in total. The number of carbonyl (C=O) groups excluding carboxylic acids is 3. The topological polar surface area (TPSA) is 88.2 Å². The predicted molar refractivity (Wildman–Crippen MR) is 116 cm³/mol. The summed E-state index contributed by atoms with van der Waals surface area (Å²) >= 11 is 6.07. The molecule has 0 saturated carbocycles. The number of amides is 3. The van der Waals surface area contributed by atoms with Crippen molar-refractivity contribution in [1.29, 1.82) is 0 Å². The van der Waals surface area contributed by atoms with Crippen LogP contribution < -0.4 is 10.1 Å². The fourth-order valence-corrected chi connectivity index (χ4v) is 4.26. The third-order valence-corrected chi connectivity index (χ3v) is 5.97. The predicted octanol–water partition coefficient (Wildman–Crippen LogP) is 1.71. The second kappa shape index (κ2) is 10.8. The van der Waals surface area contributed by atoms with Crippen LogP contribution in [0.2, 0.25) is 5.02 Å². The van der Waals surface area contributed by atoms with Crippen LogP contribution in [0.3, 0.4) is 0 Å². The summed E-state index contributed by atoms with van der Waals surface area (Å²) in [6.07, 6.45) is 1.83. The smallest absolute Gasteiger partial charge is 0.241 e. The number of morpholine rings is 1. The highest BCUT2D eigenvalue weighted by molar-refractivity contribution is 6.30. The zero-order chi connectivity index (χ0) is 22.3. The average molecular weight is 452 g/mol. The molecule has 0 unspecified atom stereocenters. The van der Waals surface area contributed by atoms with Gasteiger partial charge in [0, 0.05) is 50.0 Å². The van der Waals surface area contributed by atoms with Gasteiger partial charge in [-0.25, -0.2) is 0 Å². The van der Waals surface area contributed by atoms with Crippen molar-refractivity contribution >= 4 is 29.3 Å². The van der Waals surface area contributed by atoms with Gasteiger partial charge < -0.3 is 24.6 Å². The molecule has 0 bridgehead atoms. The Morgan fingerprint density at radius 1 is 1.16 bits per heavy atom. The molecular formula is C22H30ClN3O5. The van der Waals surface area contributed by atoms with Gasteiger partial charge in [0.2, 0.25) is 17.7 Å². The molecule has 2 saturated heterocycles. The number of halogens is 1. The molecule has 0 spiro atoms. The van der Waals surface area contributed by atoms with E-state index in [0.29, 0.717) is 56.8 Å². The molecule has 1 aromatic rings. The molecule has 2 heterocycles. The highest BCUT2D eigenvalue weighted by Gasteiger charge is 2.41. The van der Waals surface area contributed by atoms with Crippen LogP contribution in [0.25, 0.3) is 0 Å². The molecule has 3 amide bonds. The summed E-state index contributed by atoms with van der Waals surface area (Å²) < 4.78 is 11.4. The molecule has 2 aliphatic rings. The number of rotatable bonds is 7. The Morgan fingerprint density at radius 2 is 1.94 bits per heavy atom. The second-order valence-electron chi connectivity index (χ2n) is 8.24. The van der Waals surface area contributed by atoms with Gasteiger partial charge in [0.1, 0.15) is 5.75 Å². The standard InChI is InChI=1S/C22H30ClN3O5/c1-17(27)24-14-21(29)26-7-3-6-22(15-26,13-20(28)25-8-10-30-11-9-25)16-31-19-5-2-4-18(23)12-19/h2,4-5,12H,3,6-11,13-16H2,1H3,(H,24,27)/t22-/m0/s1. The van der Waals surface area contributed by atoms with Gasteiger partial charge in [0.25, 0.3) is 0 Å². The number of hydrogen-bond acceptors (Lipinski definition) is 5. The lowest BCUT2D eigenvalue weighted by atomic mass is 9.77. The number of hydrogen-bond donors (Lipinski definition) is 1. The maximum Gasteiger partial charge on any atom is 0.241 e. The van der Waals surface area contributed by atoms with Crippen LogP contribution in [0.1, 0.15) is 26.2 Å². The van der Waals surface area contributed by atoms with Gasteiger partial charge in [-0.1, -0.05) is 17.7 Å². The second-order valence-corrected chi connectivity index (χ2v) is 8.68. The number of carbonyl (C=O) groups is 3. The third kappa shape index (κ3) is 6.83. The first-order valence-corrected chi connectivity index (χ1v) is 11.0. The van der Waals surface area contributed by atoms with Gasteiger partial charge in [-0.15, -0.1) is 0 Å². The third-order valence-electron chi connectivity index (χ3n) is 5.73. The summed E-state index contributed by atoms with van der Waals surface area (Å²) in [6, 6.07) is 7.15. The molecule has 9 heteroatoms. The van der Waals surface area contributed by atoms with Crippen molar-refractivity contribution in [3.05, 3.63) is 29.3 Å². The van der Waals surface area contributed by atoms with Crippen LogP contribution in [0.15, 0.2) is 24.3 Å². The van der Waals surface area contributed by atoms with Gasteiger partial charge in [-0.3, -0.25) is 14.4 Å². The van der Waals surface area contributed by atoms with E-state index < -0.39 is 5.41 Å². The summed E-state index contributed by atoms with van der Waals surface area (Å²) in [5, 5.41) is 3.14. The first-order chi connectivity index (χ1) is 14.9. The summed E-state index contributed by atoms with van der Waals surface area (Å²) in [5.74, 6) is 0.283. The minimum Gasteiger partial charge on any atom is -0.493 e. The number of piperidine rings is 1. The van der Waals surface area contributed by atoms with Gasteiger partial charge in [0.15, 0.2) is 0 Å². The largest absolute Gasteiger partial charge is 0.493 e. The van der Waals surface area contributed by atoms with Crippen molar-refractivity contribution in [1.82, 2.24) is 15.1 Å². The first-order valence-electron chi connectivity index (χ1n) is 10.6. The van der Waals surface area contributed by atoms with Gasteiger partial charge in [-0.2, -0.15) is 0 Å². The molecule has 1 N–H and O–H groups in total. The Kier molecular flexibility index (Phi) is 8.15. The average Bonchev–Trinajstić information content (AvgIpc) is 2.77. The van der Waals surface area contributed by atoms with Crippen LogP contribution >= 0.6 is 11.6 Å². The maximum atomic E-state index is 13.1. The molecule has 31 heavy (non-hydrogen) atoms. The molecule has 170 valence electrons. The molecule has 0 radical (unpaired) electrons. The van der Waals surface area contributed by atoms with E-state index in [-0.39, 0.29) is 30.7 Å². The van der Waals surface area contributed by atoms with E-state index in [1.165, 1.54) is 6.92 Å². The number of nitrogens with zero attached hydrogens (tertiary/aromatic N) is 2. The van der Waals surface area contributed by atoms with Crippen molar-refractivity contribution in [3.63, 3.8) is 0 Å². The van der Waals surface area contributed by atoms with E-state index in [9.17, 15) is 14.4 Å². The Morgan fingerprint density at radius 3 is 2.65 bits per heavy atom. The fraction of sp³-hybridized carbons (Fsp3) is 0.591. The normalized spacial score (nSPS) is 21.5. The summed E-state index contributed by atoms with van der Waals surface area (Å²) in [5.41, 5.74) is -0.512. The number of benzene rings is 1. The lowest BCUT2D eigenvalue weighted by Crippen LogP contribution is -2.53. The summed E-state index contributed by atoms with van der Waals surface area (Å²) in [6.45, 7) is 4.88. The maximum absolute atomic E-state index is 13.1. The van der Waals surface area contributed by atoms with E-state index in [1.54, 1.807) is 17.0 Å². The van der Waals surface area contributed by atoms with E-state index in [2.05, 4.69) is 5.32 Å². The SMILES string of the molecule is CC(=O)NCC(=O)N1CCC[C@](COc2cccc(Cl)c2)(CC(=O)N2CCOCC2)C1. The summed E-state index contributed by atoms with van der Waals surface area (Å²) in [7, 11) is 0. The van der Waals surface area contributed by atoms with Crippen LogP contribution in [0.4, 0.5) is 0 Å². The highest BCUT2D eigenvalue weighted by atomic mass is 35.5. The highest BCUT2D eigenvalue weighted by Crippen LogP contribution is 2.35. The minimum atomic E-state index is -0.512. The van der Waals surface area contributed by atoms with E-state index in [0.717, 1.165) is 12.8 Å². The van der Waals surface area contributed by atoms with Crippen molar-refractivity contribution < 1.29 is 23.9 Å². The fourth-order valence-electron chi connectivity index (χ4n) is 4.08. The van der Waals surface area contributed by atoms with Crippen molar-refractivity contribution in [2.75, 3.05) is 52.5 Å². The summed E-state index contributed by atoms with van der Waals surface area (Å²) in [4.78, 5) is 40.4. The van der Waals surface area contributed by atoms with Crippen molar-refractivity contribution in [3.8, 4) is 5.75 Å². The Labute approximate surface area is 187 Å². The molecular weight excluding hydrogens is 422 g/mol. The quantitative estimate of drug-likeness (QED) is 0.681. The molecule has 0 aromatic heterocycles. The van der Waals surface area contributed by atoms with Crippen molar-refractivity contribution in [2.45, 2.75) is 26.2 Å². The first kappa shape index (κ1) is 23.3. The molecule has 2 aliphatic heterocycles. The number of ether oxygens (including phenoxy) is 2. The van der Waals surface area contributed by atoms with Crippen molar-refractivity contribution in [2.24, 2.45) is 5.41 Å². The number of nitrogens with one attached hydrogen (secondary N) is 1. The van der Waals surface area contributed by atoms with Crippen LogP contribution in [-0.4, -0.2) is 80.1 Å². The Bertz CT molecular complexity index is 799. The molecule has 1 aromatic carbocycles. The lowest BCUT2D eigenvalue weighted by Gasteiger charge is -2.43. The van der Waals surface area contributed by atoms with Gasteiger partial charge in [0.05, 0.1) is 26.4 Å². The minimum absolute atomic E-state index is 0.0437. The molecule has 2 fully saturated rings.